The highest BCUT2D eigenvalue weighted by Crippen LogP contribution is 2.36. The first-order valence-corrected chi connectivity index (χ1v) is 10.6. The van der Waals surface area contributed by atoms with Gasteiger partial charge in [-0.2, -0.15) is 19.1 Å². The minimum atomic E-state index is -4.32. The maximum absolute atomic E-state index is 13.7. The second-order valence-corrected chi connectivity index (χ2v) is 8.06. The second-order valence-electron chi connectivity index (χ2n) is 8.06. The Bertz CT molecular complexity index is 1370. The summed E-state index contributed by atoms with van der Waals surface area (Å²) in [5.74, 6) is -5.18. The maximum atomic E-state index is 13.7. The highest BCUT2D eigenvalue weighted by Gasteiger charge is 2.43. The number of fused-ring (bicyclic) bond motifs is 1. The zero-order valence-corrected chi connectivity index (χ0v) is 19.0. The number of nitriles is 1. The summed E-state index contributed by atoms with van der Waals surface area (Å²) < 4.78 is 59.2. The van der Waals surface area contributed by atoms with Crippen molar-refractivity contribution in [3.05, 3.63) is 71.0 Å². The summed E-state index contributed by atoms with van der Waals surface area (Å²) in [6.07, 6.45) is -2.56. The molecule has 0 aliphatic carbocycles. The number of nitrogens with one attached hydrogen (secondary N) is 1. The lowest BCUT2D eigenvalue weighted by atomic mass is 10.1. The number of carbonyl (C=O) groups excluding carboxylic acids is 2. The second kappa shape index (κ2) is 9.33. The zero-order valence-electron chi connectivity index (χ0n) is 19.0. The lowest BCUT2D eigenvalue weighted by Gasteiger charge is -2.34. The Kier molecular flexibility index (Phi) is 6.41. The Morgan fingerprint density at radius 3 is 2.56 bits per heavy atom. The van der Waals surface area contributed by atoms with Crippen LogP contribution in [0.5, 0.6) is 5.75 Å². The lowest BCUT2D eigenvalue weighted by Crippen LogP contribution is -2.47. The van der Waals surface area contributed by atoms with E-state index < -0.39 is 35.8 Å². The van der Waals surface area contributed by atoms with Crippen molar-refractivity contribution < 1.29 is 31.9 Å². The van der Waals surface area contributed by atoms with Gasteiger partial charge in [-0.15, -0.1) is 0 Å². The number of benzene rings is 2. The fourth-order valence-corrected chi connectivity index (χ4v) is 3.96. The van der Waals surface area contributed by atoms with Crippen LogP contribution in [0, 0.1) is 11.3 Å². The van der Waals surface area contributed by atoms with Gasteiger partial charge in [-0.1, -0.05) is 12.1 Å². The van der Waals surface area contributed by atoms with Crippen molar-refractivity contribution in [2.45, 2.75) is 31.9 Å². The molecular weight excluding hydrogens is 482 g/mol. The van der Waals surface area contributed by atoms with Crippen LogP contribution in [0.15, 0.2) is 48.7 Å². The van der Waals surface area contributed by atoms with Crippen molar-refractivity contribution >= 4 is 23.2 Å². The van der Waals surface area contributed by atoms with Crippen LogP contribution in [-0.2, 0) is 12.5 Å². The molecule has 1 N–H and O–H groups in total. The molecule has 1 aliphatic heterocycles. The molecule has 1 aromatic heterocycles. The summed E-state index contributed by atoms with van der Waals surface area (Å²) in [5, 5.41) is 16.0. The van der Waals surface area contributed by atoms with Gasteiger partial charge in [0.15, 0.2) is 0 Å². The monoisotopic (exact) mass is 501 g/mol. The highest BCUT2D eigenvalue weighted by molar-refractivity contribution is 6.13. The Hall–Kier alpha value is -4.40. The van der Waals surface area contributed by atoms with Crippen LogP contribution in [-0.4, -0.2) is 41.2 Å². The molecule has 8 nitrogen and oxygen atoms in total. The van der Waals surface area contributed by atoms with Crippen LogP contribution in [0.2, 0.25) is 0 Å². The van der Waals surface area contributed by atoms with Crippen LogP contribution in [0.3, 0.4) is 0 Å². The molecule has 0 bridgehead atoms. The number of ether oxygens (including phenoxy) is 1. The minimum absolute atomic E-state index is 0.0532. The maximum Gasteiger partial charge on any atom is 0.332 e. The predicted octanol–water partition coefficient (Wildman–Crippen LogP) is 4.42. The summed E-state index contributed by atoms with van der Waals surface area (Å²) in [6.45, 7) is 1.94. The number of rotatable bonds is 6. The van der Waals surface area contributed by atoms with Gasteiger partial charge < -0.3 is 15.0 Å². The van der Waals surface area contributed by atoms with E-state index in [1.165, 1.54) is 53.2 Å². The molecule has 0 saturated heterocycles. The Morgan fingerprint density at radius 2 is 1.94 bits per heavy atom. The van der Waals surface area contributed by atoms with Crippen LogP contribution in [0.4, 0.5) is 28.9 Å². The molecule has 0 spiro atoms. The third kappa shape index (κ3) is 4.24. The number of carbonyl (C=O) groups is 2. The van der Waals surface area contributed by atoms with Gasteiger partial charge in [0.2, 0.25) is 0 Å². The SMILES string of the molecule is COc1ccc(C(=O)Nc2cnn3c2C(=O)N(c2ccc(C(F)(F)C(F)F)cc2)[C@@H](C)C3)cc1C#N. The number of hydrogen-bond donors (Lipinski definition) is 1. The van der Waals surface area contributed by atoms with Crippen molar-refractivity contribution in [1.29, 1.82) is 5.26 Å². The van der Waals surface area contributed by atoms with Gasteiger partial charge in [-0.05, 0) is 37.3 Å². The van der Waals surface area contributed by atoms with Gasteiger partial charge in [0.05, 0.1) is 37.1 Å². The van der Waals surface area contributed by atoms with Gasteiger partial charge in [0.25, 0.3) is 11.8 Å². The van der Waals surface area contributed by atoms with Gasteiger partial charge >= 0.3 is 12.3 Å². The van der Waals surface area contributed by atoms with Crippen molar-refractivity contribution in [2.75, 3.05) is 17.3 Å². The highest BCUT2D eigenvalue weighted by atomic mass is 19.3. The summed E-state index contributed by atoms with van der Waals surface area (Å²) in [7, 11) is 1.39. The molecule has 0 saturated carbocycles. The summed E-state index contributed by atoms with van der Waals surface area (Å²) in [5.41, 5.74) is -0.183. The molecule has 4 rings (SSSR count). The normalized spacial score (nSPS) is 15.4. The van der Waals surface area contributed by atoms with Crippen molar-refractivity contribution in [3.63, 3.8) is 0 Å². The molecule has 36 heavy (non-hydrogen) atoms. The number of hydrogen-bond acceptors (Lipinski definition) is 5. The quantitative estimate of drug-likeness (QED) is 0.504. The fourth-order valence-electron chi connectivity index (χ4n) is 3.96. The number of halogens is 4. The van der Waals surface area contributed by atoms with Gasteiger partial charge in [0, 0.05) is 16.8 Å². The largest absolute Gasteiger partial charge is 0.495 e. The molecule has 2 amide bonds. The lowest BCUT2D eigenvalue weighted by molar-refractivity contribution is -0.135. The van der Waals surface area contributed by atoms with E-state index in [1.807, 2.05) is 6.07 Å². The molecule has 0 radical (unpaired) electrons. The number of nitrogens with zero attached hydrogens (tertiary/aromatic N) is 4. The number of alkyl halides is 4. The van der Waals surface area contributed by atoms with E-state index in [1.54, 1.807) is 6.92 Å². The standard InChI is InChI=1S/C24H19F4N5O3/c1-13-12-32-20(22(35)33(13)17-6-4-16(5-7-17)24(27,28)23(25)26)18(11-30-32)31-21(34)14-3-8-19(36-2)15(9-14)10-29/h3-9,11,13,23H,12H2,1-2H3,(H,31,34)/t13-/m0/s1. The van der Waals surface area contributed by atoms with Crippen LogP contribution in [0.1, 0.15) is 38.9 Å². The molecule has 0 fully saturated rings. The number of amides is 2. The van der Waals surface area contributed by atoms with E-state index in [2.05, 4.69) is 10.4 Å². The Balaban J connectivity index is 1.61. The van der Waals surface area contributed by atoms with Crippen molar-refractivity contribution in [3.8, 4) is 11.8 Å². The molecule has 0 unspecified atom stereocenters. The molecule has 186 valence electrons. The summed E-state index contributed by atoms with van der Waals surface area (Å²) >= 11 is 0. The number of aromatic nitrogens is 2. The van der Waals surface area contributed by atoms with E-state index >= 15 is 0 Å². The summed E-state index contributed by atoms with van der Waals surface area (Å²) in [6, 6.07) is 9.81. The van der Waals surface area contributed by atoms with Crippen molar-refractivity contribution in [2.24, 2.45) is 0 Å². The van der Waals surface area contributed by atoms with Gasteiger partial charge in [-0.3, -0.25) is 14.3 Å². The smallest absolute Gasteiger partial charge is 0.332 e. The Labute approximate surface area is 202 Å². The third-order valence-corrected chi connectivity index (χ3v) is 5.77. The summed E-state index contributed by atoms with van der Waals surface area (Å²) in [4.78, 5) is 27.5. The van der Waals surface area contributed by atoms with Gasteiger partial charge in [-0.25, -0.2) is 8.78 Å². The van der Waals surface area contributed by atoms with E-state index in [9.17, 15) is 32.4 Å². The first-order valence-electron chi connectivity index (χ1n) is 10.6. The Morgan fingerprint density at radius 1 is 1.25 bits per heavy atom. The topological polar surface area (TPSA) is 100 Å². The molecule has 12 heteroatoms. The minimum Gasteiger partial charge on any atom is -0.495 e. The average molecular weight is 501 g/mol. The van der Waals surface area contributed by atoms with Gasteiger partial charge in [0.1, 0.15) is 17.5 Å². The molecule has 1 atom stereocenters. The van der Waals surface area contributed by atoms with Crippen molar-refractivity contribution in [1.82, 2.24) is 9.78 Å². The molecule has 2 aromatic carbocycles. The molecule has 1 aliphatic rings. The fraction of sp³-hybridized carbons (Fsp3) is 0.250. The van der Waals surface area contributed by atoms with E-state index in [0.29, 0.717) is 5.75 Å². The molecular formula is C24H19F4N5O3. The zero-order chi connectivity index (χ0) is 26.2. The van der Waals surface area contributed by atoms with Crippen LogP contribution < -0.4 is 15.0 Å². The number of anilines is 2. The molecule has 3 aromatic rings. The number of methoxy groups -OCH3 is 1. The first-order chi connectivity index (χ1) is 17.1. The first kappa shape index (κ1) is 24.7. The third-order valence-electron chi connectivity index (χ3n) is 5.77. The van der Waals surface area contributed by atoms with E-state index in [-0.39, 0.29) is 34.7 Å². The average Bonchev–Trinajstić information content (AvgIpc) is 3.25. The van der Waals surface area contributed by atoms with Crippen LogP contribution >= 0.6 is 0 Å². The molecule has 2 heterocycles. The van der Waals surface area contributed by atoms with Crippen LogP contribution in [0.25, 0.3) is 0 Å². The predicted molar refractivity (Wildman–Crippen MR) is 121 cm³/mol. The van der Waals surface area contributed by atoms with E-state index in [4.69, 9.17) is 4.74 Å². The van der Waals surface area contributed by atoms with E-state index in [0.717, 1.165) is 12.1 Å².